The largest absolute Gasteiger partial charge is 0.508 e. The predicted molar refractivity (Wildman–Crippen MR) is 152 cm³/mol. The molecule has 4 rings (SSSR count). The molecule has 0 fully saturated rings. The molecule has 2 aromatic carbocycles. The Balaban J connectivity index is 1.74. The van der Waals surface area contributed by atoms with Crippen LogP contribution in [0.2, 0.25) is 0 Å². The highest BCUT2D eigenvalue weighted by molar-refractivity contribution is 5.89. The predicted octanol–water partition coefficient (Wildman–Crippen LogP) is 3.85. The molecule has 1 spiro atoms. The molecule has 0 bridgehead atoms. The van der Waals surface area contributed by atoms with Gasteiger partial charge >= 0.3 is 24.1 Å². The SMILES string of the molecule is CC1(C)c2ccccc2N(CCN(CCC(=O)F)CCC(=O)F)C12C=Nc1cc(O)cc(CN(CC(=O)F)CC(=O)F)c1O2. The summed E-state index contributed by atoms with van der Waals surface area (Å²) in [6.07, 6.45) is 0.684. The molecule has 44 heavy (non-hydrogen) atoms. The molecule has 0 saturated carbocycles. The van der Waals surface area contributed by atoms with E-state index in [1.807, 2.05) is 43.0 Å². The molecule has 1 atom stereocenters. The van der Waals surface area contributed by atoms with Crippen molar-refractivity contribution in [2.24, 2.45) is 4.99 Å². The number of anilines is 1. The van der Waals surface area contributed by atoms with Crippen molar-refractivity contribution in [3.8, 4) is 11.5 Å². The van der Waals surface area contributed by atoms with E-state index < -0.39 is 61.2 Å². The van der Waals surface area contributed by atoms with E-state index >= 15 is 0 Å². The monoisotopic (exact) mass is 620 g/mol. The molecule has 0 aromatic heterocycles. The number of aliphatic imine (C=N–C) groups is 1. The third-order valence-corrected chi connectivity index (χ3v) is 7.91. The molecule has 1 unspecified atom stereocenters. The second-order valence-electron chi connectivity index (χ2n) is 11.2. The summed E-state index contributed by atoms with van der Waals surface area (Å²) in [7, 11) is 0. The third-order valence-electron chi connectivity index (χ3n) is 7.91. The lowest BCUT2D eigenvalue weighted by molar-refractivity contribution is -0.134. The summed E-state index contributed by atoms with van der Waals surface area (Å²) in [4.78, 5) is 53.4. The molecule has 10 nitrogen and oxygen atoms in total. The summed E-state index contributed by atoms with van der Waals surface area (Å²) in [5.74, 6) is -0.0958. The number of para-hydroxylation sites is 1. The number of benzene rings is 2. The van der Waals surface area contributed by atoms with Gasteiger partial charge in [-0.2, -0.15) is 17.6 Å². The minimum Gasteiger partial charge on any atom is -0.508 e. The molecule has 236 valence electrons. The highest BCUT2D eigenvalue weighted by Crippen LogP contribution is 2.55. The molecule has 14 heteroatoms. The van der Waals surface area contributed by atoms with Gasteiger partial charge in [-0.3, -0.25) is 29.1 Å². The lowest BCUT2D eigenvalue weighted by Gasteiger charge is -2.47. The molecular weight excluding hydrogens is 588 g/mol. The van der Waals surface area contributed by atoms with Gasteiger partial charge in [-0.1, -0.05) is 18.2 Å². The molecule has 0 amide bonds. The van der Waals surface area contributed by atoms with Crippen LogP contribution in [0.25, 0.3) is 0 Å². The number of fused-ring (bicyclic) bond motifs is 2. The van der Waals surface area contributed by atoms with E-state index in [-0.39, 0.29) is 55.5 Å². The number of ether oxygens (including phenoxy) is 1. The molecule has 2 aromatic rings. The molecule has 2 heterocycles. The van der Waals surface area contributed by atoms with Gasteiger partial charge in [0.15, 0.2) is 5.75 Å². The highest BCUT2D eigenvalue weighted by Gasteiger charge is 2.59. The van der Waals surface area contributed by atoms with Crippen LogP contribution in [0.5, 0.6) is 11.5 Å². The van der Waals surface area contributed by atoms with Crippen molar-refractivity contribution in [1.29, 1.82) is 0 Å². The Kier molecular flexibility index (Phi) is 9.84. The zero-order valence-corrected chi connectivity index (χ0v) is 24.2. The molecular formula is C30H32F4N4O6. The number of halogens is 4. The first-order chi connectivity index (χ1) is 20.7. The van der Waals surface area contributed by atoms with Crippen LogP contribution < -0.4 is 9.64 Å². The van der Waals surface area contributed by atoms with E-state index in [0.717, 1.165) is 16.2 Å². The maximum atomic E-state index is 13.3. The van der Waals surface area contributed by atoms with Crippen molar-refractivity contribution in [2.75, 3.05) is 44.2 Å². The first-order valence-corrected chi connectivity index (χ1v) is 13.9. The van der Waals surface area contributed by atoms with Gasteiger partial charge in [0.05, 0.1) is 37.6 Å². The molecule has 0 aliphatic carbocycles. The van der Waals surface area contributed by atoms with Crippen LogP contribution in [-0.2, 0) is 31.1 Å². The van der Waals surface area contributed by atoms with Gasteiger partial charge < -0.3 is 19.6 Å². The van der Waals surface area contributed by atoms with Crippen LogP contribution in [0.4, 0.5) is 28.9 Å². The maximum Gasteiger partial charge on any atom is 0.315 e. The highest BCUT2D eigenvalue weighted by atomic mass is 19.1. The van der Waals surface area contributed by atoms with Crippen LogP contribution in [0.15, 0.2) is 41.4 Å². The second-order valence-corrected chi connectivity index (χ2v) is 11.2. The van der Waals surface area contributed by atoms with Crippen molar-refractivity contribution in [2.45, 2.75) is 44.4 Å². The van der Waals surface area contributed by atoms with Gasteiger partial charge in [-0.15, -0.1) is 0 Å². The van der Waals surface area contributed by atoms with Crippen LogP contribution in [0, 0.1) is 0 Å². The zero-order chi connectivity index (χ0) is 32.2. The quantitative estimate of drug-likeness (QED) is 0.234. The summed E-state index contributed by atoms with van der Waals surface area (Å²) in [6, 6.07) is 3.39. The van der Waals surface area contributed by atoms with Gasteiger partial charge in [0.2, 0.25) is 5.72 Å². The Labute approximate surface area is 250 Å². The minimum absolute atomic E-state index is 0.0495. The number of carbonyl (C=O) groups is 4. The van der Waals surface area contributed by atoms with Gasteiger partial charge in [0.1, 0.15) is 11.4 Å². The van der Waals surface area contributed by atoms with Crippen LogP contribution in [-0.4, -0.2) is 90.3 Å². The standard InChI is InChI=1S/C30H32F4N4O6/c1-29(2)21-5-3-4-6-23(21)38(12-11-36(9-7-24(31)40)10-8-25(32)41)30(29)18-35-22-14-20(39)13-19(28(22)44-30)15-37(16-26(33)42)17-27(34)43/h3-6,13-14,18,39H,7-12,15-17H2,1-2H3. The zero-order valence-electron chi connectivity index (χ0n) is 24.2. The van der Waals surface area contributed by atoms with Crippen LogP contribution >= 0.6 is 0 Å². The molecule has 0 radical (unpaired) electrons. The average Bonchev–Trinajstić information content (AvgIpc) is 3.10. The topological polar surface area (TPSA) is 120 Å². The Morgan fingerprint density at radius 1 is 0.886 bits per heavy atom. The summed E-state index contributed by atoms with van der Waals surface area (Å²) in [6.45, 7) is 1.99. The van der Waals surface area contributed by atoms with Gasteiger partial charge in [-0.25, -0.2) is 0 Å². The van der Waals surface area contributed by atoms with E-state index in [0.29, 0.717) is 0 Å². The van der Waals surface area contributed by atoms with E-state index in [4.69, 9.17) is 4.74 Å². The van der Waals surface area contributed by atoms with Crippen molar-refractivity contribution >= 4 is 41.7 Å². The lowest BCUT2D eigenvalue weighted by atomic mass is 9.77. The fourth-order valence-corrected chi connectivity index (χ4v) is 5.80. The Morgan fingerprint density at radius 2 is 1.50 bits per heavy atom. The van der Waals surface area contributed by atoms with E-state index in [1.54, 1.807) is 11.1 Å². The summed E-state index contributed by atoms with van der Waals surface area (Å²) >= 11 is 0. The Hall–Kier alpha value is -4.17. The fraction of sp³-hybridized carbons (Fsp3) is 0.433. The van der Waals surface area contributed by atoms with Gasteiger partial charge in [0, 0.05) is 50.0 Å². The normalized spacial score (nSPS) is 18.0. The summed E-state index contributed by atoms with van der Waals surface area (Å²) in [5, 5.41) is 10.4. The number of phenolic OH excluding ortho intramolecular Hbond substituents is 1. The molecule has 0 saturated heterocycles. The Bertz CT molecular complexity index is 1450. The fourth-order valence-electron chi connectivity index (χ4n) is 5.80. The maximum absolute atomic E-state index is 13.3. The summed E-state index contributed by atoms with van der Waals surface area (Å²) in [5.41, 5.74) is -0.132. The van der Waals surface area contributed by atoms with E-state index in [2.05, 4.69) is 4.99 Å². The van der Waals surface area contributed by atoms with E-state index in [9.17, 15) is 41.8 Å². The van der Waals surface area contributed by atoms with Crippen molar-refractivity contribution in [3.63, 3.8) is 0 Å². The smallest absolute Gasteiger partial charge is 0.315 e. The minimum atomic E-state index is -1.79. The number of rotatable bonds is 15. The van der Waals surface area contributed by atoms with Crippen LogP contribution in [0.1, 0.15) is 37.8 Å². The average molecular weight is 621 g/mol. The van der Waals surface area contributed by atoms with Crippen molar-refractivity contribution < 1.29 is 46.6 Å². The lowest BCUT2D eigenvalue weighted by Crippen LogP contribution is -2.63. The third kappa shape index (κ3) is 6.97. The number of hydrogen-bond acceptors (Lipinski definition) is 10. The summed E-state index contributed by atoms with van der Waals surface area (Å²) < 4.78 is 59.5. The second kappa shape index (κ2) is 13.2. The van der Waals surface area contributed by atoms with Gasteiger partial charge in [0.25, 0.3) is 0 Å². The first kappa shape index (κ1) is 32.7. The van der Waals surface area contributed by atoms with Crippen molar-refractivity contribution in [3.05, 3.63) is 47.5 Å². The number of carbonyl (C=O) groups excluding carboxylic acids is 4. The van der Waals surface area contributed by atoms with Crippen molar-refractivity contribution in [1.82, 2.24) is 9.80 Å². The number of hydrogen-bond donors (Lipinski definition) is 1. The molecule has 2 aliphatic heterocycles. The number of phenols is 1. The number of aromatic hydroxyl groups is 1. The molecule has 1 N–H and O–H groups in total. The Morgan fingerprint density at radius 3 is 2.09 bits per heavy atom. The first-order valence-electron chi connectivity index (χ1n) is 13.9. The molecule has 2 aliphatic rings. The number of nitrogens with zero attached hydrogens (tertiary/aromatic N) is 4. The van der Waals surface area contributed by atoms with Gasteiger partial charge in [-0.05, 0) is 31.5 Å². The van der Waals surface area contributed by atoms with E-state index in [1.165, 1.54) is 12.1 Å². The van der Waals surface area contributed by atoms with Crippen LogP contribution in [0.3, 0.4) is 0 Å².